The Bertz CT molecular complexity index is 615. The maximum absolute atomic E-state index is 11.8. The second-order valence-electron chi connectivity index (χ2n) is 4.26. The molecule has 0 unspecified atom stereocenters. The van der Waals surface area contributed by atoms with Crippen LogP contribution in [0.15, 0.2) is 53.3 Å². The van der Waals surface area contributed by atoms with Gasteiger partial charge in [0, 0.05) is 35.5 Å². The van der Waals surface area contributed by atoms with Gasteiger partial charge < -0.3 is 10.6 Å². The molecule has 0 atom stereocenters. The minimum absolute atomic E-state index is 0.168. The highest BCUT2D eigenvalue weighted by atomic mass is 79.9. The lowest BCUT2D eigenvalue weighted by Gasteiger charge is -2.07. The van der Waals surface area contributed by atoms with Gasteiger partial charge >= 0.3 is 0 Å². The number of carbonyl (C=O) groups is 2. The highest BCUT2D eigenvalue weighted by molar-refractivity contribution is 9.10. The Hall–Kier alpha value is -2.21. The zero-order chi connectivity index (χ0) is 15.1. The first kappa shape index (κ1) is 15.2. The second kappa shape index (κ2) is 7.54. The van der Waals surface area contributed by atoms with Crippen LogP contribution in [0.2, 0.25) is 0 Å². The molecule has 2 N–H and O–H groups in total. The molecule has 0 aliphatic heterocycles. The van der Waals surface area contributed by atoms with Crippen molar-refractivity contribution in [2.75, 3.05) is 13.1 Å². The zero-order valence-corrected chi connectivity index (χ0v) is 12.8. The van der Waals surface area contributed by atoms with Gasteiger partial charge in [-0.25, -0.2) is 0 Å². The van der Waals surface area contributed by atoms with Gasteiger partial charge in [0.25, 0.3) is 11.8 Å². The standard InChI is InChI=1S/C15H14BrN3O2/c16-13-5-3-11(4-6-13)14(20)18-8-9-19-15(21)12-2-1-7-17-10-12/h1-7,10H,8-9H2,(H,18,20)(H,19,21). The molecule has 21 heavy (non-hydrogen) atoms. The maximum atomic E-state index is 11.8. The monoisotopic (exact) mass is 347 g/mol. The molecule has 1 aromatic heterocycles. The quantitative estimate of drug-likeness (QED) is 0.812. The zero-order valence-electron chi connectivity index (χ0n) is 11.2. The van der Waals surface area contributed by atoms with E-state index in [2.05, 4.69) is 31.5 Å². The molecule has 0 aliphatic rings. The van der Waals surface area contributed by atoms with Crippen molar-refractivity contribution in [3.8, 4) is 0 Å². The van der Waals surface area contributed by atoms with Crippen molar-refractivity contribution < 1.29 is 9.59 Å². The molecule has 1 heterocycles. The van der Waals surface area contributed by atoms with E-state index in [1.807, 2.05) is 0 Å². The summed E-state index contributed by atoms with van der Waals surface area (Å²) in [5.41, 5.74) is 1.08. The van der Waals surface area contributed by atoms with Crippen LogP contribution in [0.4, 0.5) is 0 Å². The Morgan fingerprint density at radius 2 is 1.57 bits per heavy atom. The highest BCUT2D eigenvalue weighted by Gasteiger charge is 2.06. The fraction of sp³-hybridized carbons (Fsp3) is 0.133. The Morgan fingerprint density at radius 3 is 2.14 bits per heavy atom. The Labute approximate surface area is 130 Å². The van der Waals surface area contributed by atoms with Crippen molar-refractivity contribution in [1.82, 2.24) is 15.6 Å². The van der Waals surface area contributed by atoms with Gasteiger partial charge in [-0.05, 0) is 36.4 Å². The van der Waals surface area contributed by atoms with Gasteiger partial charge in [-0.3, -0.25) is 14.6 Å². The number of halogens is 1. The molecule has 5 nitrogen and oxygen atoms in total. The van der Waals surface area contributed by atoms with Crippen LogP contribution in [0.1, 0.15) is 20.7 Å². The van der Waals surface area contributed by atoms with Gasteiger partial charge in [0.1, 0.15) is 0 Å². The van der Waals surface area contributed by atoms with E-state index in [1.54, 1.807) is 42.6 Å². The third kappa shape index (κ3) is 4.68. The predicted molar refractivity (Wildman–Crippen MR) is 83.0 cm³/mol. The van der Waals surface area contributed by atoms with Crippen LogP contribution >= 0.6 is 15.9 Å². The normalized spacial score (nSPS) is 9.95. The highest BCUT2D eigenvalue weighted by Crippen LogP contribution is 2.10. The third-order valence-electron chi connectivity index (χ3n) is 2.73. The van der Waals surface area contributed by atoms with E-state index in [0.29, 0.717) is 24.2 Å². The maximum Gasteiger partial charge on any atom is 0.252 e. The number of hydrogen-bond acceptors (Lipinski definition) is 3. The number of amides is 2. The lowest BCUT2D eigenvalue weighted by molar-refractivity contribution is 0.0927. The van der Waals surface area contributed by atoms with E-state index >= 15 is 0 Å². The van der Waals surface area contributed by atoms with Crippen molar-refractivity contribution in [2.45, 2.75) is 0 Å². The lowest BCUT2D eigenvalue weighted by Crippen LogP contribution is -2.34. The molecule has 0 radical (unpaired) electrons. The molecular weight excluding hydrogens is 334 g/mol. The largest absolute Gasteiger partial charge is 0.350 e. The van der Waals surface area contributed by atoms with Crippen molar-refractivity contribution in [3.05, 3.63) is 64.4 Å². The van der Waals surface area contributed by atoms with Crippen molar-refractivity contribution in [1.29, 1.82) is 0 Å². The van der Waals surface area contributed by atoms with E-state index in [-0.39, 0.29) is 11.8 Å². The van der Waals surface area contributed by atoms with Crippen LogP contribution in [-0.2, 0) is 0 Å². The molecule has 2 rings (SSSR count). The van der Waals surface area contributed by atoms with Crippen LogP contribution in [0.25, 0.3) is 0 Å². The fourth-order valence-corrected chi connectivity index (χ4v) is 1.92. The summed E-state index contributed by atoms with van der Waals surface area (Å²) in [5, 5.41) is 5.45. The smallest absolute Gasteiger partial charge is 0.252 e. The summed E-state index contributed by atoms with van der Waals surface area (Å²) in [6.07, 6.45) is 3.10. The van der Waals surface area contributed by atoms with Crippen molar-refractivity contribution >= 4 is 27.7 Å². The summed E-state index contributed by atoms with van der Waals surface area (Å²) in [6.45, 7) is 0.719. The number of nitrogens with one attached hydrogen (secondary N) is 2. The number of hydrogen-bond donors (Lipinski definition) is 2. The molecule has 2 amide bonds. The van der Waals surface area contributed by atoms with Gasteiger partial charge in [-0.15, -0.1) is 0 Å². The Morgan fingerprint density at radius 1 is 0.952 bits per heavy atom. The minimum atomic E-state index is -0.207. The summed E-state index contributed by atoms with van der Waals surface area (Å²) < 4.78 is 0.919. The first-order chi connectivity index (χ1) is 10.2. The number of aromatic nitrogens is 1. The molecule has 0 saturated carbocycles. The third-order valence-corrected chi connectivity index (χ3v) is 3.25. The van der Waals surface area contributed by atoms with Crippen LogP contribution in [-0.4, -0.2) is 29.9 Å². The van der Waals surface area contributed by atoms with Crippen LogP contribution in [0.3, 0.4) is 0 Å². The van der Waals surface area contributed by atoms with E-state index in [9.17, 15) is 9.59 Å². The van der Waals surface area contributed by atoms with Gasteiger partial charge in [0.2, 0.25) is 0 Å². The van der Waals surface area contributed by atoms with E-state index < -0.39 is 0 Å². The summed E-state index contributed by atoms with van der Waals surface area (Å²) in [7, 11) is 0. The van der Waals surface area contributed by atoms with Crippen molar-refractivity contribution in [3.63, 3.8) is 0 Å². The average molecular weight is 348 g/mol. The van der Waals surface area contributed by atoms with Crippen LogP contribution < -0.4 is 10.6 Å². The minimum Gasteiger partial charge on any atom is -0.350 e. The van der Waals surface area contributed by atoms with Gasteiger partial charge in [0.05, 0.1) is 5.56 Å². The van der Waals surface area contributed by atoms with Crippen LogP contribution in [0.5, 0.6) is 0 Å². The Balaban J connectivity index is 1.73. The summed E-state index contributed by atoms with van der Waals surface area (Å²) in [4.78, 5) is 27.4. The summed E-state index contributed by atoms with van der Waals surface area (Å²) in [5.74, 6) is -0.376. The molecule has 108 valence electrons. The van der Waals surface area contributed by atoms with Crippen molar-refractivity contribution in [2.24, 2.45) is 0 Å². The SMILES string of the molecule is O=C(NCCNC(=O)c1cccnc1)c1ccc(Br)cc1. The molecule has 0 spiro atoms. The van der Waals surface area contributed by atoms with Gasteiger partial charge in [-0.1, -0.05) is 15.9 Å². The first-order valence-corrected chi connectivity index (χ1v) is 7.18. The molecule has 0 fully saturated rings. The molecule has 0 bridgehead atoms. The molecule has 6 heteroatoms. The summed E-state index contributed by atoms with van der Waals surface area (Å²) >= 11 is 3.31. The number of carbonyl (C=O) groups excluding carboxylic acids is 2. The first-order valence-electron chi connectivity index (χ1n) is 6.39. The molecule has 2 aromatic rings. The number of rotatable bonds is 5. The second-order valence-corrected chi connectivity index (χ2v) is 5.18. The van der Waals surface area contributed by atoms with Gasteiger partial charge in [-0.2, -0.15) is 0 Å². The van der Waals surface area contributed by atoms with Gasteiger partial charge in [0.15, 0.2) is 0 Å². The Kier molecular flexibility index (Phi) is 5.45. The number of benzene rings is 1. The lowest BCUT2D eigenvalue weighted by atomic mass is 10.2. The van der Waals surface area contributed by atoms with E-state index in [1.165, 1.54) is 6.20 Å². The number of nitrogens with zero attached hydrogens (tertiary/aromatic N) is 1. The van der Waals surface area contributed by atoms with E-state index in [0.717, 1.165) is 4.47 Å². The average Bonchev–Trinajstić information content (AvgIpc) is 2.52. The summed E-state index contributed by atoms with van der Waals surface area (Å²) in [6, 6.07) is 10.5. The molecular formula is C15H14BrN3O2. The topological polar surface area (TPSA) is 71.1 Å². The molecule has 0 aliphatic carbocycles. The predicted octanol–water partition coefficient (Wildman–Crippen LogP) is 2.00. The fourth-order valence-electron chi connectivity index (χ4n) is 1.65. The van der Waals surface area contributed by atoms with E-state index in [4.69, 9.17) is 0 Å². The molecule has 1 aromatic carbocycles. The number of pyridine rings is 1. The molecule has 0 saturated heterocycles. The van der Waals surface area contributed by atoms with Crippen LogP contribution in [0, 0.1) is 0 Å².